The Morgan fingerprint density at radius 3 is 2.32 bits per heavy atom. The second-order valence-electron chi connectivity index (χ2n) is 5.15. The molecule has 0 bridgehead atoms. The highest BCUT2D eigenvalue weighted by molar-refractivity contribution is 6.39. The molecular formula is C17H13Cl2N5O. The second kappa shape index (κ2) is 7.46. The third-order valence-corrected chi connectivity index (χ3v) is 3.95. The maximum absolute atomic E-state index is 11.3. The smallest absolute Gasteiger partial charge is 0.249 e. The zero-order valence-corrected chi connectivity index (χ0v) is 14.6. The summed E-state index contributed by atoms with van der Waals surface area (Å²) in [6.45, 7) is 1.52. The fourth-order valence-corrected chi connectivity index (χ4v) is 2.57. The molecule has 0 aliphatic carbocycles. The quantitative estimate of drug-likeness (QED) is 0.621. The number of carbonyl (C=O) groups excluding carboxylic acids is 1. The molecule has 2 N–H and O–H groups in total. The van der Waals surface area contributed by atoms with Crippen LogP contribution in [0, 0.1) is 0 Å². The second-order valence-corrected chi connectivity index (χ2v) is 5.96. The van der Waals surface area contributed by atoms with Crippen LogP contribution in [0.15, 0.2) is 48.7 Å². The number of benzene rings is 2. The first-order chi connectivity index (χ1) is 12.0. The first-order valence-electron chi connectivity index (χ1n) is 7.32. The van der Waals surface area contributed by atoms with Crippen LogP contribution in [0.25, 0.3) is 0 Å². The predicted octanol–water partition coefficient (Wildman–Crippen LogP) is 4.87. The highest BCUT2D eigenvalue weighted by Gasteiger charge is 2.08. The van der Waals surface area contributed by atoms with Gasteiger partial charge in [-0.2, -0.15) is 10.1 Å². The fourth-order valence-electron chi connectivity index (χ4n) is 2.08. The van der Waals surface area contributed by atoms with Crippen LogP contribution in [0.1, 0.15) is 17.3 Å². The number of nitrogens with zero attached hydrogens (tertiary/aromatic N) is 3. The number of rotatable bonds is 5. The average molecular weight is 374 g/mol. The number of para-hydroxylation sites is 1. The Hall–Kier alpha value is -2.70. The van der Waals surface area contributed by atoms with Gasteiger partial charge in [0, 0.05) is 11.3 Å². The van der Waals surface area contributed by atoms with Crippen molar-refractivity contribution < 1.29 is 4.79 Å². The summed E-state index contributed by atoms with van der Waals surface area (Å²) >= 11 is 12.3. The van der Waals surface area contributed by atoms with E-state index in [2.05, 4.69) is 25.8 Å². The standard InChI is InChI=1S/C17H13Cl2N5O/c1-10(25)11-5-7-12(8-6-11)21-17-23-15(9-20-24-17)22-16-13(18)3-2-4-14(16)19/h2-9H,1H3,(H2,21,22,23,24). The molecule has 3 rings (SSSR count). The molecule has 0 radical (unpaired) electrons. The molecule has 0 atom stereocenters. The normalized spacial score (nSPS) is 10.4. The van der Waals surface area contributed by atoms with Gasteiger partial charge in [-0.05, 0) is 43.3 Å². The van der Waals surface area contributed by atoms with Crippen molar-refractivity contribution in [3.63, 3.8) is 0 Å². The van der Waals surface area contributed by atoms with Crippen molar-refractivity contribution in [1.82, 2.24) is 15.2 Å². The molecule has 0 spiro atoms. The molecule has 8 heteroatoms. The van der Waals surface area contributed by atoms with Crippen LogP contribution in [0.2, 0.25) is 10.0 Å². The Morgan fingerprint density at radius 1 is 1.00 bits per heavy atom. The topological polar surface area (TPSA) is 79.8 Å². The maximum Gasteiger partial charge on any atom is 0.249 e. The van der Waals surface area contributed by atoms with Gasteiger partial charge in [0.2, 0.25) is 5.95 Å². The lowest BCUT2D eigenvalue weighted by molar-refractivity contribution is 0.101. The number of anilines is 4. The summed E-state index contributed by atoms with van der Waals surface area (Å²) in [6.07, 6.45) is 1.46. The van der Waals surface area contributed by atoms with Gasteiger partial charge in [0.15, 0.2) is 11.6 Å². The van der Waals surface area contributed by atoms with Gasteiger partial charge in [-0.1, -0.05) is 29.3 Å². The monoisotopic (exact) mass is 373 g/mol. The van der Waals surface area contributed by atoms with Gasteiger partial charge in [0.25, 0.3) is 0 Å². The van der Waals surface area contributed by atoms with Crippen LogP contribution < -0.4 is 10.6 Å². The minimum absolute atomic E-state index is 0.00674. The number of aromatic nitrogens is 3. The number of nitrogens with one attached hydrogen (secondary N) is 2. The first-order valence-corrected chi connectivity index (χ1v) is 8.07. The average Bonchev–Trinajstić information content (AvgIpc) is 2.59. The van der Waals surface area contributed by atoms with Crippen molar-refractivity contribution in [2.45, 2.75) is 6.92 Å². The number of Topliss-reactive ketones (excluding diaryl/α,β-unsaturated/α-hetero) is 1. The minimum Gasteiger partial charge on any atom is -0.336 e. The van der Waals surface area contributed by atoms with Crippen LogP contribution in [-0.4, -0.2) is 21.0 Å². The Bertz CT molecular complexity index is 895. The lowest BCUT2D eigenvalue weighted by Gasteiger charge is -2.10. The van der Waals surface area contributed by atoms with Gasteiger partial charge in [0.05, 0.1) is 21.9 Å². The molecule has 6 nitrogen and oxygen atoms in total. The summed E-state index contributed by atoms with van der Waals surface area (Å²) in [5, 5.41) is 14.8. The largest absolute Gasteiger partial charge is 0.336 e. The molecule has 25 heavy (non-hydrogen) atoms. The Balaban J connectivity index is 1.78. The number of ketones is 1. The van der Waals surface area contributed by atoms with Gasteiger partial charge in [-0.25, -0.2) is 0 Å². The van der Waals surface area contributed by atoms with Crippen molar-refractivity contribution in [3.05, 3.63) is 64.3 Å². The van der Waals surface area contributed by atoms with E-state index in [1.54, 1.807) is 42.5 Å². The first kappa shape index (κ1) is 17.1. The highest BCUT2D eigenvalue weighted by atomic mass is 35.5. The van der Waals surface area contributed by atoms with Crippen LogP contribution >= 0.6 is 23.2 Å². The molecule has 0 saturated heterocycles. The van der Waals surface area contributed by atoms with Gasteiger partial charge in [-0.3, -0.25) is 4.79 Å². The highest BCUT2D eigenvalue weighted by Crippen LogP contribution is 2.32. The molecule has 0 saturated carbocycles. The van der Waals surface area contributed by atoms with E-state index >= 15 is 0 Å². The van der Waals surface area contributed by atoms with E-state index in [0.29, 0.717) is 33.1 Å². The molecule has 0 amide bonds. The minimum atomic E-state index is 0.00674. The van der Waals surface area contributed by atoms with E-state index in [1.165, 1.54) is 13.1 Å². The van der Waals surface area contributed by atoms with E-state index in [9.17, 15) is 4.79 Å². The number of carbonyl (C=O) groups is 1. The predicted molar refractivity (Wildman–Crippen MR) is 99.3 cm³/mol. The molecule has 126 valence electrons. The number of hydrogen-bond donors (Lipinski definition) is 2. The lowest BCUT2D eigenvalue weighted by atomic mass is 10.1. The molecular weight excluding hydrogens is 361 g/mol. The zero-order chi connectivity index (χ0) is 17.8. The van der Waals surface area contributed by atoms with Crippen LogP contribution in [0.5, 0.6) is 0 Å². The van der Waals surface area contributed by atoms with Gasteiger partial charge < -0.3 is 10.6 Å². The summed E-state index contributed by atoms with van der Waals surface area (Å²) in [7, 11) is 0. The Morgan fingerprint density at radius 2 is 1.68 bits per heavy atom. The fraction of sp³-hybridized carbons (Fsp3) is 0.0588. The maximum atomic E-state index is 11.3. The van der Waals surface area contributed by atoms with Gasteiger partial charge in [-0.15, -0.1) is 5.10 Å². The molecule has 0 fully saturated rings. The van der Waals surface area contributed by atoms with E-state index < -0.39 is 0 Å². The third kappa shape index (κ3) is 4.23. The molecule has 1 aromatic heterocycles. The van der Waals surface area contributed by atoms with Crippen molar-refractivity contribution in [2.24, 2.45) is 0 Å². The van der Waals surface area contributed by atoms with E-state index in [1.807, 2.05) is 0 Å². The van der Waals surface area contributed by atoms with Crippen LogP contribution in [0.4, 0.5) is 23.1 Å². The zero-order valence-electron chi connectivity index (χ0n) is 13.1. The summed E-state index contributed by atoms with van der Waals surface area (Å²) < 4.78 is 0. The van der Waals surface area contributed by atoms with Crippen molar-refractivity contribution in [2.75, 3.05) is 10.6 Å². The molecule has 0 aliphatic rings. The van der Waals surface area contributed by atoms with E-state index in [0.717, 1.165) is 5.69 Å². The Kier molecular flexibility index (Phi) is 5.11. The summed E-state index contributed by atoms with van der Waals surface area (Å²) in [6, 6.07) is 12.2. The Labute approximate surface area is 154 Å². The molecule has 3 aromatic rings. The number of halogens is 2. The van der Waals surface area contributed by atoms with E-state index in [-0.39, 0.29) is 5.78 Å². The summed E-state index contributed by atoms with van der Waals surface area (Å²) in [4.78, 5) is 15.6. The third-order valence-electron chi connectivity index (χ3n) is 3.32. The van der Waals surface area contributed by atoms with Crippen molar-refractivity contribution >= 4 is 52.1 Å². The van der Waals surface area contributed by atoms with Crippen LogP contribution in [0.3, 0.4) is 0 Å². The van der Waals surface area contributed by atoms with Crippen LogP contribution in [-0.2, 0) is 0 Å². The summed E-state index contributed by atoms with van der Waals surface area (Å²) in [5.74, 6) is 0.740. The number of hydrogen-bond acceptors (Lipinski definition) is 6. The summed E-state index contributed by atoms with van der Waals surface area (Å²) in [5.41, 5.74) is 1.91. The lowest BCUT2D eigenvalue weighted by Crippen LogP contribution is -2.03. The van der Waals surface area contributed by atoms with Gasteiger partial charge >= 0.3 is 0 Å². The molecule has 2 aromatic carbocycles. The molecule has 0 aliphatic heterocycles. The van der Waals surface area contributed by atoms with Crippen molar-refractivity contribution in [1.29, 1.82) is 0 Å². The SMILES string of the molecule is CC(=O)c1ccc(Nc2nncc(Nc3c(Cl)cccc3Cl)n2)cc1. The van der Waals surface area contributed by atoms with E-state index in [4.69, 9.17) is 23.2 Å². The molecule has 0 unspecified atom stereocenters. The molecule has 1 heterocycles. The van der Waals surface area contributed by atoms with Crippen molar-refractivity contribution in [3.8, 4) is 0 Å². The van der Waals surface area contributed by atoms with Gasteiger partial charge in [0.1, 0.15) is 0 Å².